The van der Waals surface area contributed by atoms with Gasteiger partial charge in [-0.3, -0.25) is 0 Å². The van der Waals surface area contributed by atoms with Gasteiger partial charge in [0.2, 0.25) is 0 Å². The predicted octanol–water partition coefficient (Wildman–Crippen LogP) is 2.33. The Bertz CT molecular complexity index is 308. The summed E-state index contributed by atoms with van der Waals surface area (Å²) in [6.07, 6.45) is 0.551. The Balaban J connectivity index is 4.89. The van der Waals surface area contributed by atoms with Crippen LogP contribution in [0.25, 0.3) is 0 Å². The van der Waals surface area contributed by atoms with Crippen LogP contribution in [0, 0.1) is 22.7 Å². The summed E-state index contributed by atoms with van der Waals surface area (Å²) in [5.74, 6) is 0. The van der Waals surface area contributed by atoms with Gasteiger partial charge in [0.1, 0.15) is 0 Å². The molecule has 0 heterocycles. The van der Waals surface area contributed by atoms with Gasteiger partial charge in [-0.25, -0.2) is 0 Å². The van der Waals surface area contributed by atoms with Crippen LogP contribution >= 0.6 is 8.02 Å². The third-order valence-corrected chi connectivity index (χ3v) is 5.51. The molecule has 0 aromatic rings. The summed E-state index contributed by atoms with van der Waals surface area (Å²) in [7, 11) is -3.05. The Hall–Kier alpha value is -0.750. The Morgan fingerprint density at radius 3 is 1.63 bits per heavy atom. The van der Waals surface area contributed by atoms with Crippen molar-refractivity contribution in [3.05, 3.63) is 0 Å². The summed E-state index contributed by atoms with van der Waals surface area (Å²) in [4.78, 5) is 0. The van der Waals surface area contributed by atoms with E-state index >= 15 is 0 Å². The molecule has 0 aliphatic carbocycles. The Morgan fingerprint density at radius 1 is 1.00 bits per heavy atom. The minimum atomic E-state index is -3.05. The summed E-state index contributed by atoms with van der Waals surface area (Å²) in [6, 6.07) is 4.38. The van der Waals surface area contributed by atoms with Crippen molar-refractivity contribution < 1.29 is 9.05 Å². The van der Waals surface area contributed by atoms with Crippen LogP contribution in [0.15, 0.2) is 0 Å². The van der Waals surface area contributed by atoms with E-state index in [1.54, 1.807) is 0 Å². The molecule has 0 fully saturated rings. The van der Waals surface area contributed by atoms with Crippen LogP contribution in [0.5, 0.6) is 0 Å². The fourth-order valence-corrected chi connectivity index (χ4v) is 4.60. The van der Waals surface area contributed by atoms with Crippen molar-refractivity contribution in [1.29, 1.82) is 10.5 Å². The van der Waals surface area contributed by atoms with Crippen molar-refractivity contribution in [1.82, 2.24) is 4.67 Å². The number of hydrogen-bond acceptors (Lipinski definition) is 6. The molecule has 0 unspecified atom stereocenters. The molecule has 0 aliphatic heterocycles. The second-order valence-corrected chi connectivity index (χ2v) is 7.09. The molecule has 0 atom stereocenters. The fraction of sp³-hybridized carbons (Fsp3) is 0.833. The van der Waals surface area contributed by atoms with E-state index in [9.17, 15) is 0 Å². The van der Waals surface area contributed by atoms with E-state index in [1.807, 2.05) is 44.5 Å². The van der Waals surface area contributed by atoms with Gasteiger partial charge >= 0.3 is 116 Å². The van der Waals surface area contributed by atoms with Gasteiger partial charge in [-0.05, 0) is 0 Å². The van der Waals surface area contributed by atoms with E-state index in [0.717, 1.165) is 0 Å². The third kappa shape index (κ3) is 6.29. The number of nitrogens with two attached hydrogens (primary N) is 1. The maximum atomic E-state index is 8.58. The zero-order chi connectivity index (χ0) is 14.9. The molecule has 0 saturated carbocycles. The van der Waals surface area contributed by atoms with Crippen LogP contribution in [0.4, 0.5) is 0 Å². The second-order valence-electron chi connectivity index (χ2n) is 4.74. The van der Waals surface area contributed by atoms with Crippen molar-refractivity contribution in [3.63, 3.8) is 0 Å². The Morgan fingerprint density at radius 2 is 1.37 bits per heavy atom. The van der Waals surface area contributed by atoms with Crippen molar-refractivity contribution in [3.8, 4) is 12.1 Å². The predicted molar refractivity (Wildman–Crippen MR) is 77.0 cm³/mol. The third-order valence-electron chi connectivity index (χ3n) is 2.52. The van der Waals surface area contributed by atoms with Gasteiger partial charge in [-0.2, -0.15) is 0 Å². The average Bonchev–Trinajstić information content (AvgIpc) is 2.28. The molecule has 0 aromatic heterocycles. The van der Waals surface area contributed by atoms with E-state index in [1.165, 1.54) is 0 Å². The molecular formula is C12H25N4O2P. The van der Waals surface area contributed by atoms with Crippen LogP contribution in [0.1, 0.15) is 40.5 Å². The summed E-state index contributed by atoms with van der Waals surface area (Å²) >= 11 is 0. The van der Waals surface area contributed by atoms with Crippen LogP contribution in [0.2, 0.25) is 0 Å². The SMILES string of the molecule is CC(C)N(C(C)C)[PH](N)(OCCC#N)OCCC#N. The van der Waals surface area contributed by atoms with Gasteiger partial charge in [0.25, 0.3) is 0 Å². The number of nitriles is 2. The van der Waals surface area contributed by atoms with E-state index in [2.05, 4.69) is 0 Å². The first kappa shape index (κ1) is 18.2. The van der Waals surface area contributed by atoms with Gasteiger partial charge in [0.05, 0.1) is 0 Å². The average molecular weight is 288 g/mol. The standard InChI is InChI=1S/C12H25N4O2P/c1-11(2)16(12(3)4)19(15,17-9-5-7-13)18-10-6-8-14/h11-12,19H,5-6,9-10,15H2,1-4H3. The normalized spacial score (nSPS) is 12.7. The zero-order valence-corrected chi connectivity index (χ0v) is 13.2. The van der Waals surface area contributed by atoms with Gasteiger partial charge in [-0.15, -0.1) is 0 Å². The first-order valence-electron chi connectivity index (χ1n) is 6.48. The molecule has 6 nitrogen and oxygen atoms in total. The van der Waals surface area contributed by atoms with Gasteiger partial charge in [0.15, 0.2) is 0 Å². The molecule has 7 heteroatoms. The molecule has 0 bridgehead atoms. The summed E-state index contributed by atoms with van der Waals surface area (Å²) < 4.78 is 13.4. The molecule has 0 aliphatic rings. The van der Waals surface area contributed by atoms with Crippen molar-refractivity contribution in [2.45, 2.75) is 52.6 Å². The first-order chi connectivity index (χ1) is 8.89. The molecule has 0 radical (unpaired) electrons. The molecule has 0 aromatic carbocycles. The zero-order valence-electron chi connectivity index (χ0n) is 12.2. The monoisotopic (exact) mass is 288 g/mol. The number of hydrogen-bond donors (Lipinski definition) is 1. The number of nitrogens with zero attached hydrogens (tertiary/aromatic N) is 3. The first-order valence-corrected chi connectivity index (χ1v) is 8.32. The van der Waals surface area contributed by atoms with E-state index in [4.69, 9.17) is 25.1 Å². The summed E-state index contributed by atoms with van der Waals surface area (Å²) in [5.41, 5.74) is 6.33. The Labute approximate surface area is 116 Å². The summed E-state index contributed by atoms with van der Waals surface area (Å²) in [5, 5.41) is 17.2. The molecule has 19 heavy (non-hydrogen) atoms. The van der Waals surface area contributed by atoms with E-state index in [0.29, 0.717) is 0 Å². The van der Waals surface area contributed by atoms with E-state index < -0.39 is 8.02 Å². The second kappa shape index (κ2) is 9.20. The van der Waals surface area contributed by atoms with Crippen molar-refractivity contribution in [2.75, 3.05) is 13.2 Å². The quantitative estimate of drug-likeness (QED) is 0.517. The Kier molecular flexibility index (Phi) is 8.84. The molecule has 0 saturated heterocycles. The molecule has 110 valence electrons. The molecule has 2 N–H and O–H groups in total. The number of rotatable bonds is 9. The molecule has 0 rings (SSSR count). The molecular weight excluding hydrogens is 263 g/mol. The minimum absolute atomic E-state index is 0.167. The van der Waals surface area contributed by atoms with E-state index in [-0.39, 0.29) is 38.1 Å². The van der Waals surface area contributed by atoms with Crippen molar-refractivity contribution >= 4 is 8.02 Å². The van der Waals surface area contributed by atoms with Gasteiger partial charge in [-0.1, -0.05) is 0 Å². The van der Waals surface area contributed by atoms with Crippen LogP contribution < -0.4 is 5.50 Å². The van der Waals surface area contributed by atoms with Crippen LogP contribution in [-0.4, -0.2) is 30.0 Å². The molecule has 0 spiro atoms. The fourth-order valence-electron chi connectivity index (χ4n) is 1.99. The topological polar surface area (TPSA) is 95.3 Å². The van der Waals surface area contributed by atoms with Crippen LogP contribution in [0.3, 0.4) is 0 Å². The summed E-state index contributed by atoms with van der Waals surface area (Å²) in [6.45, 7) is 8.60. The van der Waals surface area contributed by atoms with Crippen molar-refractivity contribution in [2.24, 2.45) is 5.50 Å². The van der Waals surface area contributed by atoms with Gasteiger partial charge in [0, 0.05) is 0 Å². The van der Waals surface area contributed by atoms with Gasteiger partial charge < -0.3 is 0 Å². The molecule has 0 amide bonds. The van der Waals surface area contributed by atoms with Crippen LogP contribution in [-0.2, 0) is 9.05 Å². The maximum absolute atomic E-state index is 8.58.